The highest BCUT2D eigenvalue weighted by molar-refractivity contribution is 5.97. The molecule has 1 aromatic carbocycles. The number of aromatic nitrogens is 2. The molecule has 23 heavy (non-hydrogen) atoms. The fraction of sp³-hybridized carbons (Fsp3) is 0.353. The number of amides is 1. The lowest BCUT2D eigenvalue weighted by Crippen LogP contribution is -2.35. The van der Waals surface area contributed by atoms with Crippen molar-refractivity contribution in [2.24, 2.45) is 7.05 Å². The minimum Gasteiger partial charge on any atom is -0.479 e. The molecule has 1 aromatic heterocycles. The number of carbonyl (C=O) groups excluding carboxylic acids is 1. The molecule has 3 rings (SSSR count). The van der Waals surface area contributed by atoms with Crippen LogP contribution in [-0.4, -0.2) is 26.8 Å². The summed E-state index contributed by atoms with van der Waals surface area (Å²) in [7, 11) is 1.73. The van der Waals surface area contributed by atoms with Gasteiger partial charge in [-0.3, -0.25) is 9.48 Å². The number of aryl methyl sites for hydroxylation is 2. The van der Waals surface area contributed by atoms with Crippen molar-refractivity contribution in [3.63, 3.8) is 0 Å². The first-order valence-electron chi connectivity index (χ1n) is 7.71. The second kappa shape index (κ2) is 6.24. The molecule has 2 aromatic rings. The molecule has 2 N–H and O–H groups in total. The van der Waals surface area contributed by atoms with Crippen LogP contribution in [0.2, 0.25) is 0 Å². The number of carbonyl (C=O) groups is 2. The van der Waals surface area contributed by atoms with Crippen LogP contribution in [-0.2, 0) is 24.7 Å². The Labute approximate surface area is 134 Å². The molecule has 1 atom stereocenters. The first kappa shape index (κ1) is 15.3. The lowest BCUT2D eigenvalue weighted by atomic mass is 9.95. The van der Waals surface area contributed by atoms with E-state index < -0.39 is 12.0 Å². The molecule has 0 aliphatic heterocycles. The number of fused-ring (bicyclic) bond motifs is 1. The van der Waals surface area contributed by atoms with Crippen molar-refractivity contribution in [1.82, 2.24) is 15.1 Å². The minimum atomic E-state index is -1.08. The van der Waals surface area contributed by atoms with Crippen LogP contribution >= 0.6 is 0 Å². The molecular weight excluding hydrogens is 294 g/mol. The molecule has 6 nitrogen and oxygen atoms in total. The zero-order valence-electron chi connectivity index (χ0n) is 13.0. The van der Waals surface area contributed by atoms with Crippen molar-refractivity contribution < 1.29 is 14.7 Å². The van der Waals surface area contributed by atoms with Crippen molar-refractivity contribution >= 4 is 11.9 Å². The number of carboxylic acid groups (broad SMARTS) is 1. The third-order valence-electron chi connectivity index (χ3n) is 4.19. The maximum Gasteiger partial charge on any atom is 0.330 e. The topological polar surface area (TPSA) is 84.2 Å². The number of hydrogen-bond acceptors (Lipinski definition) is 3. The number of rotatable bonds is 4. The van der Waals surface area contributed by atoms with Gasteiger partial charge < -0.3 is 10.4 Å². The van der Waals surface area contributed by atoms with E-state index >= 15 is 0 Å². The van der Waals surface area contributed by atoms with E-state index in [9.17, 15) is 14.7 Å². The van der Waals surface area contributed by atoms with E-state index in [-0.39, 0.29) is 5.91 Å². The number of nitrogens with zero attached hydrogens (tertiary/aromatic N) is 2. The number of benzene rings is 1. The first-order valence-corrected chi connectivity index (χ1v) is 7.71. The Kier molecular flexibility index (Phi) is 4.14. The van der Waals surface area contributed by atoms with E-state index in [1.54, 1.807) is 36.0 Å². The van der Waals surface area contributed by atoms with Crippen LogP contribution < -0.4 is 5.32 Å². The van der Waals surface area contributed by atoms with E-state index in [0.29, 0.717) is 11.3 Å². The number of aliphatic carboxylic acids is 1. The number of carboxylic acids is 1. The third-order valence-corrected chi connectivity index (χ3v) is 4.19. The Bertz CT molecular complexity index is 737. The van der Waals surface area contributed by atoms with Gasteiger partial charge in [-0.1, -0.05) is 30.3 Å². The quantitative estimate of drug-likeness (QED) is 0.902. The van der Waals surface area contributed by atoms with Gasteiger partial charge in [0.1, 0.15) is 5.69 Å². The van der Waals surface area contributed by atoms with E-state index in [1.807, 2.05) is 6.07 Å². The molecule has 1 aliphatic carbocycles. The highest BCUT2D eigenvalue weighted by atomic mass is 16.4. The monoisotopic (exact) mass is 313 g/mol. The molecule has 6 heteroatoms. The lowest BCUT2D eigenvalue weighted by molar-refractivity contribution is -0.139. The highest BCUT2D eigenvalue weighted by Gasteiger charge is 2.28. The van der Waals surface area contributed by atoms with Crippen LogP contribution in [0.3, 0.4) is 0 Å². The smallest absolute Gasteiger partial charge is 0.330 e. The summed E-state index contributed by atoms with van der Waals surface area (Å²) >= 11 is 0. The van der Waals surface area contributed by atoms with Crippen molar-refractivity contribution in [3.05, 3.63) is 52.8 Å². The van der Waals surface area contributed by atoms with E-state index in [4.69, 9.17) is 0 Å². The second-order valence-corrected chi connectivity index (χ2v) is 5.76. The van der Waals surface area contributed by atoms with Crippen LogP contribution in [0.1, 0.15) is 46.2 Å². The average Bonchev–Trinajstić information content (AvgIpc) is 2.88. The van der Waals surface area contributed by atoms with Crippen molar-refractivity contribution in [2.75, 3.05) is 0 Å². The molecule has 0 fully saturated rings. The van der Waals surface area contributed by atoms with E-state index in [1.165, 1.54) is 0 Å². The Morgan fingerprint density at radius 3 is 2.61 bits per heavy atom. The summed E-state index contributed by atoms with van der Waals surface area (Å²) in [5.41, 5.74) is 2.93. The van der Waals surface area contributed by atoms with Crippen LogP contribution in [0.4, 0.5) is 0 Å². The molecule has 1 aliphatic rings. The average molecular weight is 313 g/mol. The third kappa shape index (κ3) is 2.97. The summed E-state index contributed by atoms with van der Waals surface area (Å²) in [6.07, 6.45) is 3.79. The largest absolute Gasteiger partial charge is 0.479 e. The summed E-state index contributed by atoms with van der Waals surface area (Å²) in [6, 6.07) is 7.63. The van der Waals surface area contributed by atoms with Gasteiger partial charge >= 0.3 is 5.97 Å². The van der Waals surface area contributed by atoms with Gasteiger partial charge in [0.2, 0.25) is 0 Å². The molecule has 0 unspecified atom stereocenters. The number of nitrogens with one attached hydrogen (secondary N) is 1. The van der Waals surface area contributed by atoms with Gasteiger partial charge in [-0.05, 0) is 31.2 Å². The van der Waals surface area contributed by atoms with Crippen molar-refractivity contribution in [3.8, 4) is 0 Å². The summed E-state index contributed by atoms with van der Waals surface area (Å²) in [5, 5.41) is 16.5. The zero-order valence-corrected chi connectivity index (χ0v) is 13.0. The fourth-order valence-corrected chi connectivity index (χ4v) is 3.10. The van der Waals surface area contributed by atoms with Crippen LogP contribution in [0.25, 0.3) is 0 Å². The maximum absolute atomic E-state index is 12.7. The molecule has 0 saturated heterocycles. The molecule has 1 amide bonds. The van der Waals surface area contributed by atoms with Gasteiger partial charge in [-0.25, -0.2) is 4.79 Å². The van der Waals surface area contributed by atoms with Crippen LogP contribution in [0.5, 0.6) is 0 Å². The van der Waals surface area contributed by atoms with Gasteiger partial charge in [-0.2, -0.15) is 5.10 Å². The molecule has 0 saturated carbocycles. The van der Waals surface area contributed by atoms with Crippen LogP contribution in [0.15, 0.2) is 30.3 Å². The van der Waals surface area contributed by atoms with Crippen LogP contribution in [0, 0.1) is 0 Å². The second-order valence-electron chi connectivity index (χ2n) is 5.76. The first-order chi connectivity index (χ1) is 11.1. The van der Waals surface area contributed by atoms with Gasteiger partial charge in [0.05, 0.1) is 5.69 Å². The number of hydrogen-bond donors (Lipinski definition) is 2. The highest BCUT2D eigenvalue weighted by Crippen LogP contribution is 2.24. The zero-order chi connectivity index (χ0) is 16.4. The van der Waals surface area contributed by atoms with Gasteiger partial charge in [0.25, 0.3) is 5.91 Å². The summed E-state index contributed by atoms with van der Waals surface area (Å²) in [5.74, 6) is -1.47. The molecular formula is C17H19N3O3. The molecule has 120 valence electrons. The molecule has 0 bridgehead atoms. The summed E-state index contributed by atoms with van der Waals surface area (Å²) in [4.78, 5) is 24.2. The standard InChI is InChI=1S/C17H19N3O3/c1-20-15(12-9-5-6-10-13(12)19-20)16(21)18-14(17(22)23)11-7-3-2-4-8-11/h2-4,7-8,14H,5-6,9-10H2,1H3,(H,18,21)(H,22,23)/t14-/m0/s1. The predicted molar refractivity (Wildman–Crippen MR) is 84.1 cm³/mol. The normalized spacial score (nSPS) is 14.8. The van der Waals surface area contributed by atoms with E-state index in [2.05, 4.69) is 10.4 Å². The molecule has 0 radical (unpaired) electrons. The lowest BCUT2D eigenvalue weighted by Gasteiger charge is -2.16. The Morgan fingerprint density at radius 2 is 1.91 bits per heavy atom. The molecule has 1 heterocycles. The maximum atomic E-state index is 12.7. The molecule has 0 spiro atoms. The summed E-state index contributed by atoms with van der Waals surface area (Å²) in [6.45, 7) is 0. The van der Waals surface area contributed by atoms with Gasteiger partial charge in [0.15, 0.2) is 6.04 Å². The van der Waals surface area contributed by atoms with Crippen molar-refractivity contribution in [1.29, 1.82) is 0 Å². The minimum absolute atomic E-state index is 0.389. The van der Waals surface area contributed by atoms with Gasteiger partial charge in [0, 0.05) is 12.6 Å². The van der Waals surface area contributed by atoms with Crippen molar-refractivity contribution in [2.45, 2.75) is 31.7 Å². The Balaban J connectivity index is 1.89. The van der Waals surface area contributed by atoms with E-state index in [0.717, 1.165) is 36.9 Å². The fourth-order valence-electron chi connectivity index (χ4n) is 3.10. The summed E-state index contributed by atoms with van der Waals surface area (Å²) < 4.78 is 1.56. The predicted octanol–water partition coefficient (Wildman–Crippen LogP) is 1.85. The Hall–Kier alpha value is -2.63. The Morgan fingerprint density at radius 1 is 1.22 bits per heavy atom. The van der Waals surface area contributed by atoms with Gasteiger partial charge in [-0.15, -0.1) is 0 Å². The SMILES string of the molecule is Cn1nc2c(c1C(=O)N[C@H](C(=O)O)c1ccccc1)CCCC2.